The van der Waals surface area contributed by atoms with Crippen LogP contribution in [-0.4, -0.2) is 17.3 Å². The fraction of sp³-hybridized carbons (Fsp3) is 0.571. The van der Waals surface area contributed by atoms with Crippen molar-refractivity contribution in [1.29, 1.82) is 0 Å². The molecule has 1 N–H and O–H groups in total. The Labute approximate surface area is 126 Å². The molecular weight excluding hydrogens is 335 g/mol. The van der Waals surface area contributed by atoms with Crippen LogP contribution in [0.25, 0.3) is 0 Å². The lowest BCUT2D eigenvalue weighted by Crippen LogP contribution is -2.45. The van der Waals surface area contributed by atoms with E-state index in [1.165, 1.54) is 0 Å². The smallest absolute Gasteiger partial charge is 0.149 e. The molecule has 1 aliphatic heterocycles. The fourth-order valence-electron chi connectivity index (χ4n) is 2.57. The van der Waals surface area contributed by atoms with E-state index in [1.54, 1.807) is 12.1 Å². The maximum atomic E-state index is 14.3. The van der Waals surface area contributed by atoms with Crippen molar-refractivity contribution < 1.29 is 14.2 Å². The standard InChI is InChI=1S/C14H17BrClFO2/c1-3-13(2)8-14(18,6-7-19-13)9-4-5-10(15)11(16)12(9)17/h4-5,18H,3,6-8H2,1-2H3. The summed E-state index contributed by atoms with van der Waals surface area (Å²) in [4.78, 5) is 0. The molecule has 2 nitrogen and oxygen atoms in total. The number of aliphatic hydroxyl groups is 1. The van der Waals surface area contributed by atoms with Gasteiger partial charge in [0.2, 0.25) is 0 Å². The lowest BCUT2D eigenvalue weighted by molar-refractivity contribution is -0.158. The fourth-order valence-corrected chi connectivity index (χ4v) is 3.04. The third-order valence-corrected chi connectivity index (χ3v) is 5.18. The van der Waals surface area contributed by atoms with E-state index in [0.717, 1.165) is 6.42 Å². The van der Waals surface area contributed by atoms with Crippen LogP contribution in [0.3, 0.4) is 0 Å². The highest BCUT2D eigenvalue weighted by Gasteiger charge is 2.43. The molecule has 0 aliphatic carbocycles. The number of hydrogen-bond acceptors (Lipinski definition) is 2. The van der Waals surface area contributed by atoms with E-state index in [2.05, 4.69) is 15.9 Å². The van der Waals surface area contributed by atoms with Crippen molar-refractivity contribution in [2.75, 3.05) is 6.61 Å². The van der Waals surface area contributed by atoms with E-state index in [-0.39, 0.29) is 10.6 Å². The Morgan fingerprint density at radius 1 is 1.53 bits per heavy atom. The lowest BCUT2D eigenvalue weighted by atomic mass is 9.77. The largest absolute Gasteiger partial charge is 0.385 e. The second kappa shape index (κ2) is 5.32. The van der Waals surface area contributed by atoms with Crippen molar-refractivity contribution in [3.63, 3.8) is 0 Å². The summed E-state index contributed by atoms with van der Waals surface area (Å²) in [7, 11) is 0. The second-order valence-electron chi connectivity index (χ2n) is 5.33. The molecule has 0 amide bonds. The Bertz CT molecular complexity index is 497. The first-order valence-corrected chi connectivity index (χ1v) is 7.49. The van der Waals surface area contributed by atoms with Crippen molar-refractivity contribution >= 4 is 27.5 Å². The molecule has 0 radical (unpaired) electrons. The van der Waals surface area contributed by atoms with Gasteiger partial charge >= 0.3 is 0 Å². The zero-order valence-corrected chi connectivity index (χ0v) is 13.3. The molecule has 1 fully saturated rings. The molecule has 2 atom stereocenters. The molecule has 0 saturated carbocycles. The number of rotatable bonds is 2. The van der Waals surface area contributed by atoms with Gasteiger partial charge in [0.1, 0.15) is 5.82 Å². The van der Waals surface area contributed by atoms with Gasteiger partial charge in [-0.3, -0.25) is 0 Å². The van der Waals surface area contributed by atoms with Crippen LogP contribution < -0.4 is 0 Å². The maximum absolute atomic E-state index is 14.3. The minimum absolute atomic E-state index is 0.00983. The van der Waals surface area contributed by atoms with Gasteiger partial charge in [0.25, 0.3) is 0 Å². The lowest BCUT2D eigenvalue weighted by Gasteiger charge is -2.43. The molecule has 2 rings (SSSR count). The molecule has 106 valence electrons. The van der Waals surface area contributed by atoms with Gasteiger partial charge in [0, 0.05) is 22.9 Å². The van der Waals surface area contributed by atoms with Crippen LogP contribution >= 0.6 is 27.5 Å². The minimum atomic E-state index is -1.22. The summed E-state index contributed by atoms with van der Waals surface area (Å²) in [6, 6.07) is 3.25. The first-order valence-electron chi connectivity index (χ1n) is 6.32. The van der Waals surface area contributed by atoms with E-state index >= 15 is 0 Å². The summed E-state index contributed by atoms with van der Waals surface area (Å²) >= 11 is 9.08. The van der Waals surface area contributed by atoms with Gasteiger partial charge < -0.3 is 9.84 Å². The first kappa shape index (κ1) is 15.2. The monoisotopic (exact) mass is 350 g/mol. The second-order valence-corrected chi connectivity index (χ2v) is 6.57. The third kappa shape index (κ3) is 2.82. The van der Waals surface area contributed by atoms with Gasteiger partial charge in [-0.2, -0.15) is 0 Å². The zero-order valence-electron chi connectivity index (χ0n) is 11.0. The molecule has 0 aromatic heterocycles. The number of halogens is 3. The van der Waals surface area contributed by atoms with E-state index in [1.807, 2.05) is 13.8 Å². The molecule has 0 spiro atoms. The van der Waals surface area contributed by atoms with E-state index in [0.29, 0.717) is 23.9 Å². The SMILES string of the molecule is CCC1(C)CC(O)(c2ccc(Br)c(Cl)c2F)CCO1. The third-order valence-electron chi connectivity index (χ3n) is 3.92. The summed E-state index contributed by atoms with van der Waals surface area (Å²) < 4.78 is 20.5. The van der Waals surface area contributed by atoms with Crippen molar-refractivity contribution in [3.8, 4) is 0 Å². The van der Waals surface area contributed by atoms with Gasteiger partial charge in [-0.15, -0.1) is 0 Å². The van der Waals surface area contributed by atoms with Gasteiger partial charge in [0.05, 0.1) is 22.8 Å². The van der Waals surface area contributed by atoms with Gasteiger partial charge in [-0.1, -0.05) is 24.6 Å². The summed E-state index contributed by atoms with van der Waals surface area (Å²) in [6.45, 7) is 4.35. The predicted octanol–water partition coefficient (Wildman–Crippen LogP) is 4.41. The Kier molecular flexibility index (Phi) is 4.26. The molecule has 1 aromatic carbocycles. The molecule has 0 bridgehead atoms. The summed E-state index contributed by atoms with van der Waals surface area (Å²) in [5.74, 6) is -0.557. The van der Waals surface area contributed by atoms with Crippen LogP contribution in [0, 0.1) is 5.82 Å². The summed E-state index contributed by atoms with van der Waals surface area (Å²) in [5, 5.41) is 10.8. The molecule has 1 saturated heterocycles. The average Bonchev–Trinajstić information content (AvgIpc) is 2.35. The number of ether oxygens (including phenoxy) is 1. The molecule has 19 heavy (non-hydrogen) atoms. The van der Waals surface area contributed by atoms with Crippen LogP contribution in [-0.2, 0) is 10.3 Å². The van der Waals surface area contributed by atoms with Crippen molar-refractivity contribution in [2.24, 2.45) is 0 Å². The Morgan fingerprint density at radius 2 is 2.21 bits per heavy atom. The predicted molar refractivity (Wildman–Crippen MR) is 76.9 cm³/mol. The Balaban J connectivity index is 2.42. The highest BCUT2D eigenvalue weighted by molar-refractivity contribution is 9.10. The van der Waals surface area contributed by atoms with Gasteiger partial charge in [-0.05, 0) is 35.3 Å². The molecule has 1 aliphatic rings. The van der Waals surface area contributed by atoms with Gasteiger partial charge in [0.15, 0.2) is 0 Å². The van der Waals surface area contributed by atoms with Crippen LogP contribution in [0.5, 0.6) is 0 Å². The van der Waals surface area contributed by atoms with Crippen molar-refractivity contribution in [3.05, 3.63) is 33.0 Å². The first-order chi connectivity index (χ1) is 8.81. The highest BCUT2D eigenvalue weighted by atomic mass is 79.9. The molecule has 2 unspecified atom stereocenters. The molecule has 1 aromatic rings. The highest BCUT2D eigenvalue weighted by Crippen LogP contribution is 2.43. The quantitative estimate of drug-likeness (QED) is 0.800. The van der Waals surface area contributed by atoms with E-state index in [9.17, 15) is 9.50 Å². The number of hydrogen-bond donors (Lipinski definition) is 1. The topological polar surface area (TPSA) is 29.5 Å². The maximum Gasteiger partial charge on any atom is 0.149 e. The van der Waals surface area contributed by atoms with Crippen molar-refractivity contribution in [1.82, 2.24) is 0 Å². The normalized spacial score (nSPS) is 31.5. The van der Waals surface area contributed by atoms with Gasteiger partial charge in [-0.25, -0.2) is 4.39 Å². The van der Waals surface area contributed by atoms with E-state index in [4.69, 9.17) is 16.3 Å². The minimum Gasteiger partial charge on any atom is -0.385 e. The summed E-state index contributed by atoms with van der Waals surface area (Å²) in [6.07, 6.45) is 1.50. The zero-order chi connectivity index (χ0) is 14.3. The Hall–Kier alpha value is -0.160. The average molecular weight is 352 g/mol. The van der Waals surface area contributed by atoms with Crippen LogP contribution in [0.4, 0.5) is 4.39 Å². The Morgan fingerprint density at radius 3 is 2.84 bits per heavy atom. The van der Waals surface area contributed by atoms with Crippen molar-refractivity contribution in [2.45, 2.75) is 44.3 Å². The van der Waals surface area contributed by atoms with Crippen LogP contribution in [0.15, 0.2) is 16.6 Å². The summed E-state index contributed by atoms with van der Waals surface area (Å²) in [5.41, 5.74) is -1.40. The molecule has 5 heteroatoms. The number of benzene rings is 1. The van der Waals surface area contributed by atoms with Crippen LogP contribution in [0.2, 0.25) is 5.02 Å². The van der Waals surface area contributed by atoms with E-state index < -0.39 is 17.0 Å². The molecule has 1 heterocycles. The molecular formula is C14H17BrClFO2. The van der Waals surface area contributed by atoms with Crippen LogP contribution in [0.1, 0.15) is 38.7 Å².